The molecular weight excluding hydrogens is 388 g/mol. The summed E-state index contributed by atoms with van der Waals surface area (Å²) in [7, 11) is 4.14. The van der Waals surface area contributed by atoms with E-state index in [9.17, 15) is 4.79 Å². The first-order valence-corrected chi connectivity index (χ1v) is 11.2. The van der Waals surface area contributed by atoms with E-state index in [0.29, 0.717) is 18.8 Å². The predicted octanol–water partition coefficient (Wildman–Crippen LogP) is 0.519. The highest BCUT2D eigenvalue weighted by Gasteiger charge is 2.25. The highest BCUT2D eigenvalue weighted by molar-refractivity contribution is 7.99. The number of carbonyl (C=O) groups is 1. The van der Waals surface area contributed by atoms with Crippen molar-refractivity contribution in [2.24, 2.45) is 5.73 Å². The Morgan fingerprint density at radius 1 is 1.28 bits per heavy atom. The van der Waals surface area contributed by atoms with Gasteiger partial charge in [0.15, 0.2) is 5.52 Å². The van der Waals surface area contributed by atoms with E-state index >= 15 is 0 Å². The first-order valence-electron chi connectivity index (χ1n) is 10.2. The number of amides is 1. The number of anilines is 1. The van der Waals surface area contributed by atoms with E-state index in [4.69, 9.17) is 15.7 Å². The summed E-state index contributed by atoms with van der Waals surface area (Å²) in [4.78, 5) is 29.4. The predicted molar refractivity (Wildman–Crippen MR) is 118 cm³/mol. The van der Waals surface area contributed by atoms with Gasteiger partial charge < -0.3 is 20.9 Å². The van der Waals surface area contributed by atoms with Gasteiger partial charge in [0.25, 0.3) is 5.16 Å². The molecule has 2 heterocycles. The van der Waals surface area contributed by atoms with Crippen LogP contribution in [0.1, 0.15) is 26.0 Å². The molecule has 0 aliphatic heterocycles. The lowest BCUT2D eigenvalue weighted by Crippen LogP contribution is -2.38. The number of aromatic amines is 1. The Balaban J connectivity index is 2.37. The van der Waals surface area contributed by atoms with Crippen LogP contribution in [0.2, 0.25) is 0 Å². The standard InChI is InChI=1S/C19H34N8OS/c1-6-26(7-2)18-22-14(3)16-17(24-18)27(12-8-11-25(4)5)19(23-16)29-13-15(28)21-10-9-20/h6-13,20H2,1-5H3,(H,21,28)/p+1. The zero-order valence-corrected chi connectivity index (χ0v) is 19.1. The van der Waals surface area contributed by atoms with Gasteiger partial charge in [-0.15, -0.1) is 0 Å². The van der Waals surface area contributed by atoms with Gasteiger partial charge in [-0.3, -0.25) is 9.78 Å². The quantitative estimate of drug-likeness (QED) is 0.337. The third kappa shape index (κ3) is 6.28. The Morgan fingerprint density at radius 3 is 2.62 bits per heavy atom. The minimum Gasteiger partial charge on any atom is -0.354 e. The van der Waals surface area contributed by atoms with E-state index in [1.165, 1.54) is 11.8 Å². The lowest BCUT2D eigenvalue weighted by molar-refractivity contribution is -0.710. The van der Waals surface area contributed by atoms with Gasteiger partial charge in [-0.05, 0) is 53.0 Å². The fourth-order valence-electron chi connectivity index (χ4n) is 3.07. The van der Waals surface area contributed by atoms with Crippen LogP contribution in [-0.4, -0.2) is 78.3 Å². The van der Waals surface area contributed by atoms with Crippen LogP contribution in [0.4, 0.5) is 5.95 Å². The lowest BCUT2D eigenvalue weighted by Gasteiger charge is -2.15. The number of imidazole rings is 1. The van der Waals surface area contributed by atoms with Crippen molar-refractivity contribution < 1.29 is 9.36 Å². The lowest BCUT2D eigenvalue weighted by atomic mass is 10.3. The van der Waals surface area contributed by atoms with Gasteiger partial charge in [0.2, 0.25) is 5.91 Å². The Bertz CT molecular complexity index is 803. The van der Waals surface area contributed by atoms with E-state index < -0.39 is 0 Å². The average molecular weight is 424 g/mol. The molecule has 162 valence electrons. The zero-order valence-electron chi connectivity index (χ0n) is 18.3. The largest absolute Gasteiger partial charge is 0.354 e. The topological polar surface area (TPSA) is 107 Å². The van der Waals surface area contributed by atoms with Gasteiger partial charge in [0, 0.05) is 32.7 Å². The summed E-state index contributed by atoms with van der Waals surface area (Å²) in [6.45, 7) is 10.7. The summed E-state index contributed by atoms with van der Waals surface area (Å²) in [5.41, 5.74) is 8.19. The maximum Gasteiger partial charge on any atom is 0.308 e. The normalized spacial score (nSPS) is 11.4. The number of nitrogens with one attached hydrogen (secondary N) is 2. The van der Waals surface area contributed by atoms with Crippen molar-refractivity contribution in [2.45, 2.75) is 38.9 Å². The van der Waals surface area contributed by atoms with Gasteiger partial charge in [0.05, 0.1) is 18.0 Å². The van der Waals surface area contributed by atoms with Crippen LogP contribution in [0.15, 0.2) is 5.16 Å². The maximum absolute atomic E-state index is 12.0. The summed E-state index contributed by atoms with van der Waals surface area (Å²) >= 11 is 1.48. The molecule has 0 aromatic carbocycles. The molecule has 0 unspecified atom stereocenters. The highest BCUT2D eigenvalue weighted by Crippen LogP contribution is 2.21. The Kier molecular flexibility index (Phi) is 9.12. The number of nitrogens with zero attached hydrogens (tertiary/aromatic N) is 5. The van der Waals surface area contributed by atoms with Crippen LogP contribution in [0.3, 0.4) is 0 Å². The minimum atomic E-state index is -0.0226. The zero-order chi connectivity index (χ0) is 21.4. The molecule has 1 amide bonds. The Morgan fingerprint density at radius 2 is 2.00 bits per heavy atom. The van der Waals surface area contributed by atoms with Gasteiger partial charge >= 0.3 is 11.6 Å². The van der Waals surface area contributed by atoms with Crippen molar-refractivity contribution in [1.82, 2.24) is 25.2 Å². The molecule has 29 heavy (non-hydrogen) atoms. The molecule has 9 nitrogen and oxygen atoms in total. The second kappa shape index (κ2) is 11.3. The van der Waals surface area contributed by atoms with E-state index in [2.05, 4.69) is 52.6 Å². The molecule has 4 N–H and O–H groups in total. The first kappa shape index (κ1) is 23.4. The number of fused-ring (bicyclic) bond motifs is 1. The molecule has 10 heteroatoms. The van der Waals surface area contributed by atoms with Crippen LogP contribution in [0, 0.1) is 6.92 Å². The fourth-order valence-corrected chi connectivity index (χ4v) is 3.94. The Labute approximate surface area is 177 Å². The van der Waals surface area contributed by atoms with Crippen molar-refractivity contribution in [2.75, 3.05) is 57.5 Å². The molecule has 0 aliphatic rings. The van der Waals surface area contributed by atoms with Gasteiger partial charge in [-0.2, -0.15) is 4.98 Å². The molecule has 0 radical (unpaired) electrons. The number of hydrogen-bond acceptors (Lipinski definition) is 7. The molecule has 0 saturated heterocycles. The minimum absolute atomic E-state index is 0.0226. The van der Waals surface area contributed by atoms with Crippen molar-refractivity contribution in [3.63, 3.8) is 0 Å². The van der Waals surface area contributed by atoms with E-state index in [0.717, 1.165) is 60.6 Å². The SMILES string of the molecule is CCN(CC)c1nc(C)c2[nH]c(SCC(=O)NCCN)[n+](CCCN(C)C)c2n1. The summed E-state index contributed by atoms with van der Waals surface area (Å²) in [6, 6.07) is 0. The first-order chi connectivity index (χ1) is 13.9. The van der Waals surface area contributed by atoms with Crippen molar-refractivity contribution in [3.8, 4) is 0 Å². The number of thioether (sulfide) groups is 1. The van der Waals surface area contributed by atoms with Crippen molar-refractivity contribution in [3.05, 3.63) is 5.69 Å². The third-order valence-corrected chi connectivity index (χ3v) is 5.63. The van der Waals surface area contributed by atoms with Crippen LogP contribution >= 0.6 is 11.8 Å². The molecule has 0 bridgehead atoms. The number of nitrogens with two attached hydrogens (primary N) is 1. The molecule has 0 atom stereocenters. The number of aromatic nitrogens is 4. The summed E-state index contributed by atoms with van der Waals surface area (Å²) in [6.07, 6.45) is 0.987. The van der Waals surface area contributed by atoms with Gasteiger partial charge in [0.1, 0.15) is 0 Å². The molecular formula is C19H35N8OS+. The summed E-state index contributed by atoms with van der Waals surface area (Å²) in [5, 5.41) is 3.74. The van der Waals surface area contributed by atoms with Gasteiger partial charge in [-0.25, -0.2) is 4.57 Å². The van der Waals surface area contributed by atoms with E-state index in [1.807, 2.05) is 6.92 Å². The van der Waals surface area contributed by atoms with E-state index in [-0.39, 0.29) is 5.91 Å². The molecule has 2 aromatic heterocycles. The van der Waals surface area contributed by atoms with Crippen LogP contribution in [0.25, 0.3) is 11.2 Å². The molecule has 2 rings (SSSR count). The molecule has 2 aromatic rings. The van der Waals surface area contributed by atoms with Crippen molar-refractivity contribution in [1.29, 1.82) is 0 Å². The second-order valence-corrected chi connectivity index (χ2v) is 8.11. The average Bonchev–Trinajstić information content (AvgIpc) is 3.04. The molecule has 0 fully saturated rings. The number of H-pyrrole nitrogens is 1. The number of hydrogen-bond donors (Lipinski definition) is 3. The molecule has 0 saturated carbocycles. The number of carbonyl (C=O) groups excluding carboxylic acids is 1. The third-order valence-electron chi connectivity index (χ3n) is 4.63. The second-order valence-electron chi connectivity index (χ2n) is 7.15. The Hall–Kier alpha value is -1.91. The highest BCUT2D eigenvalue weighted by atomic mass is 32.2. The van der Waals surface area contributed by atoms with Crippen LogP contribution < -0.4 is 20.5 Å². The molecule has 0 aliphatic carbocycles. The van der Waals surface area contributed by atoms with Crippen LogP contribution in [-0.2, 0) is 11.3 Å². The summed E-state index contributed by atoms with van der Waals surface area (Å²) < 4.78 is 2.18. The van der Waals surface area contributed by atoms with Gasteiger partial charge in [-0.1, -0.05) is 4.98 Å². The maximum atomic E-state index is 12.0. The molecule has 0 spiro atoms. The number of rotatable bonds is 12. The monoisotopic (exact) mass is 423 g/mol. The van der Waals surface area contributed by atoms with Crippen molar-refractivity contribution >= 4 is 34.8 Å². The summed E-state index contributed by atoms with van der Waals surface area (Å²) in [5.74, 6) is 1.05. The van der Waals surface area contributed by atoms with E-state index in [1.54, 1.807) is 0 Å². The smallest absolute Gasteiger partial charge is 0.308 e. The number of aryl methyl sites for hydroxylation is 2. The fraction of sp³-hybridized carbons (Fsp3) is 0.684. The van der Waals surface area contributed by atoms with Crippen LogP contribution in [0.5, 0.6) is 0 Å².